The number of aromatic nitrogens is 2. The molecule has 1 aromatic rings. The van der Waals surface area contributed by atoms with Crippen molar-refractivity contribution in [2.24, 2.45) is 7.05 Å². The highest BCUT2D eigenvalue weighted by Gasteiger charge is 2.32. The van der Waals surface area contributed by atoms with Crippen molar-refractivity contribution in [3.05, 3.63) is 17.5 Å². The molecular formula is C15H23N5O. The Morgan fingerprint density at radius 3 is 2.52 bits per heavy atom. The first-order valence-corrected chi connectivity index (χ1v) is 7.37. The van der Waals surface area contributed by atoms with Gasteiger partial charge in [0.1, 0.15) is 5.54 Å². The van der Waals surface area contributed by atoms with E-state index < -0.39 is 5.54 Å². The second-order valence-electron chi connectivity index (χ2n) is 5.97. The lowest BCUT2D eigenvalue weighted by Crippen LogP contribution is -2.55. The average molecular weight is 289 g/mol. The lowest BCUT2D eigenvalue weighted by molar-refractivity contribution is 0.0520. The molecule has 2 rings (SSSR count). The molecule has 21 heavy (non-hydrogen) atoms. The molecule has 0 N–H and O–H groups in total. The van der Waals surface area contributed by atoms with Crippen LogP contribution >= 0.6 is 0 Å². The van der Waals surface area contributed by atoms with Crippen molar-refractivity contribution >= 4 is 5.91 Å². The number of carbonyl (C=O) groups is 1. The van der Waals surface area contributed by atoms with Crippen LogP contribution in [0.1, 0.15) is 36.8 Å². The highest BCUT2D eigenvalue weighted by molar-refractivity contribution is 5.95. The van der Waals surface area contributed by atoms with Crippen LogP contribution in [0.15, 0.2) is 6.20 Å². The number of nitrogens with zero attached hydrogens (tertiary/aromatic N) is 5. The summed E-state index contributed by atoms with van der Waals surface area (Å²) >= 11 is 0. The van der Waals surface area contributed by atoms with Gasteiger partial charge in [-0.05, 0) is 20.3 Å². The molecule has 114 valence electrons. The third-order valence-electron chi connectivity index (χ3n) is 4.10. The first-order valence-electron chi connectivity index (χ1n) is 7.37. The van der Waals surface area contributed by atoms with Gasteiger partial charge < -0.3 is 4.90 Å². The molecule has 0 radical (unpaired) electrons. The summed E-state index contributed by atoms with van der Waals surface area (Å²) in [6.07, 6.45) is 2.55. The van der Waals surface area contributed by atoms with Gasteiger partial charge in [-0.2, -0.15) is 10.4 Å². The monoisotopic (exact) mass is 289 g/mol. The molecular weight excluding hydrogens is 266 g/mol. The summed E-state index contributed by atoms with van der Waals surface area (Å²) in [7, 11) is 1.84. The Morgan fingerprint density at radius 1 is 1.38 bits per heavy atom. The second-order valence-corrected chi connectivity index (χ2v) is 5.97. The summed E-state index contributed by atoms with van der Waals surface area (Å²) in [5.74, 6) is 0.0503. The molecule has 0 aromatic carbocycles. The lowest BCUT2D eigenvalue weighted by atomic mass is 10.0. The fraction of sp³-hybridized carbons (Fsp3) is 0.667. The topological polar surface area (TPSA) is 65.2 Å². The van der Waals surface area contributed by atoms with Gasteiger partial charge in [-0.1, -0.05) is 6.92 Å². The molecule has 1 fully saturated rings. The van der Waals surface area contributed by atoms with Gasteiger partial charge in [-0.25, -0.2) is 0 Å². The molecule has 0 bridgehead atoms. The highest BCUT2D eigenvalue weighted by Crippen LogP contribution is 2.18. The van der Waals surface area contributed by atoms with E-state index in [9.17, 15) is 10.1 Å². The van der Waals surface area contributed by atoms with Crippen molar-refractivity contribution in [1.82, 2.24) is 19.6 Å². The minimum atomic E-state index is -0.474. The van der Waals surface area contributed by atoms with Crippen molar-refractivity contribution in [1.29, 1.82) is 5.26 Å². The van der Waals surface area contributed by atoms with E-state index in [-0.39, 0.29) is 5.91 Å². The molecule has 0 spiro atoms. The number of nitriles is 1. The van der Waals surface area contributed by atoms with Gasteiger partial charge in [0.25, 0.3) is 5.91 Å². The Hall–Kier alpha value is -1.87. The zero-order valence-corrected chi connectivity index (χ0v) is 13.3. The van der Waals surface area contributed by atoms with Gasteiger partial charge in [0, 0.05) is 39.4 Å². The molecule has 1 aromatic heterocycles. The van der Waals surface area contributed by atoms with E-state index in [0.717, 1.165) is 25.2 Å². The standard InChI is InChI=1S/C15H23N5O/c1-5-13-12(10-18(4)17-13)14(21)19-6-8-20(9-7-19)15(2,3)11-16/h10H,5-9H2,1-4H3. The van der Waals surface area contributed by atoms with E-state index in [1.165, 1.54) is 0 Å². The number of carbonyl (C=O) groups excluding carboxylic acids is 1. The summed E-state index contributed by atoms with van der Waals surface area (Å²) in [4.78, 5) is 16.6. The molecule has 6 heteroatoms. The summed E-state index contributed by atoms with van der Waals surface area (Å²) < 4.78 is 1.70. The van der Waals surface area contributed by atoms with Crippen LogP contribution in [0.2, 0.25) is 0 Å². The van der Waals surface area contributed by atoms with Crippen LogP contribution in [0.3, 0.4) is 0 Å². The molecule has 0 atom stereocenters. The van der Waals surface area contributed by atoms with Crippen molar-refractivity contribution in [3.8, 4) is 6.07 Å². The Bertz CT molecular complexity index is 561. The van der Waals surface area contributed by atoms with E-state index in [2.05, 4.69) is 16.1 Å². The molecule has 1 amide bonds. The predicted molar refractivity (Wildman–Crippen MR) is 79.8 cm³/mol. The SMILES string of the molecule is CCc1nn(C)cc1C(=O)N1CCN(C(C)(C)C#N)CC1. The van der Waals surface area contributed by atoms with Crippen LogP contribution in [0.25, 0.3) is 0 Å². The number of aryl methyl sites for hydroxylation is 2. The molecule has 0 aliphatic carbocycles. The Morgan fingerprint density at radius 2 is 2.00 bits per heavy atom. The summed E-state index contributed by atoms with van der Waals surface area (Å²) in [6, 6.07) is 2.32. The van der Waals surface area contributed by atoms with Gasteiger partial charge in [0.15, 0.2) is 0 Å². The smallest absolute Gasteiger partial charge is 0.257 e. The van der Waals surface area contributed by atoms with Gasteiger partial charge >= 0.3 is 0 Å². The van der Waals surface area contributed by atoms with Crippen molar-refractivity contribution in [2.75, 3.05) is 26.2 Å². The second kappa shape index (κ2) is 5.86. The van der Waals surface area contributed by atoms with Crippen molar-refractivity contribution < 1.29 is 4.79 Å². The van der Waals surface area contributed by atoms with Crippen LogP contribution in [0.4, 0.5) is 0 Å². The maximum absolute atomic E-state index is 12.6. The molecule has 6 nitrogen and oxygen atoms in total. The van der Waals surface area contributed by atoms with Crippen molar-refractivity contribution in [2.45, 2.75) is 32.7 Å². The van der Waals surface area contributed by atoms with E-state index in [0.29, 0.717) is 18.7 Å². The quantitative estimate of drug-likeness (QED) is 0.834. The minimum Gasteiger partial charge on any atom is -0.336 e. The molecule has 2 heterocycles. The average Bonchev–Trinajstić information content (AvgIpc) is 2.87. The zero-order valence-electron chi connectivity index (χ0n) is 13.3. The third kappa shape index (κ3) is 3.08. The number of hydrogen-bond donors (Lipinski definition) is 0. The Labute approximate surface area is 125 Å². The van der Waals surface area contributed by atoms with Crippen LogP contribution in [0, 0.1) is 11.3 Å². The van der Waals surface area contributed by atoms with Gasteiger partial charge in [-0.3, -0.25) is 14.4 Å². The fourth-order valence-corrected chi connectivity index (χ4v) is 2.68. The first kappa shape index (κ1) is 15.5. The van der Waals surface area contributed by atoms with Crippen LogP contribution < -0.4 is 0 Å². The van der Waals surface area contributed by atoms with Gasteiger partial charge in [0.05, 0.1) is 17.3 Å². The normalized spacial score (nSPS) is 16.8. The summed E-state index contributed by atoms with van der Waals surface area (Å²) in [6.45, 7) is 8.61. The molecule has 0 saturated carbocycles. The maximum Gasteiger partial charge on any atom is 0.257 e. The summed E-state index contributed by atoms with van der Waals surface area (Å²) in [5.41, 5.74) is 1.08. The maximum atomic E-state index is 12.6. The van der Waals surface area contributed by atoms with Gasteiger partial charge in [-0.15, -0.1) is 0 Å². The van der Waals surface area contributed by atoms with Gasteiger partial charge in [0.2, 0.25) is 0 Å². The van der Waals surface area contributed by atoms with E-state index >= 15 is 0 Å². The Kier molecular flexibility index (Phi) is 4.33. The first-order chi connectivity index (χ1) is 9.89. The Balaban J connectivity index is 2.05. The summed E-state index contributed by atoms with van der Waals surface area (Å²) in [5, 5.41) is 13.5. The molecule has 0 unspecified atom stereocenters. The van der Waals surface area contributed by atoms with E-state index in [1.807, 2.05) is 32.7 Å². The van der Waals surface area contributed by atoms with Crippen LogP contribution in [0.5, 0.6) is 0 Å². The molecule has 1 saturated heterocycles. The minimum absolute atomic E-state index is 0.0503. The largest absolute Gasteiger partial charge is 0.336 e. The third-order valence-corrected chi connectivity index (χ3v) is 4.10. The molecule has 1 aliphatic rings. The number of hydrogen-bond acceptors (Lipinski definition) is 4. The lowest BCUT2D eigenvalue weighted by Gasteiger charge is -2.40. The fourth-order valence-electron chi connectivity index (χ4n) is 2.68. The van der Waals surface area contributed by atoms with E-state index in [1.54, 1.807) is 10.9 Å². The van der Waals surface area contributed by atoms with Crippen LogP contribution in [-0.2, 0) is 13.5 Å². The number of amides is 1. The number of rotatable bonds is 3. The highest BCUT2D eigenvalue weighted by atomic mass is 16.2. The van der Waals surface area contributed by atoms with Crippen LogP contribution in [-0.4, -0.2) is 57.2 Å². The van der Waals surface area contributed by atoms with E-state index in [4.69, 9.17) is 0 Å². The predicted octanol–water partition coefficient (Wildman–Crippen LogP) is 1.04. The molecule has 1 aliphatic heterocycles. The van der Waals surface area contributed by atoms with Crippen molar-refractivity contribution in [3.63, 3.8) is 0 Å². The zero-order chi connectivity index (χ0) is 15.6. The number of piperazine rings is 1.